The summed E-state index contributed by atoms with van der Waals surface area (Å²) in [4.78, 5) is 37.5. The molecule has 0 saturated carbocycles. The fourth-order valence-corrected chi connectivity index (χ4v) is 10.7. The van der Waals surface area contributed by atoms with Gasteiger partial charge in [-0.1, -0.05) is 326 Å². The number of rotatable bonds is 67. The lowest BCUT2D eigenvalue weighted by Gasteiger charge is -2.26. The summed E-state index contributed by atoms with van der Waals surface area (Å²) in [5.41, 5.74) is 0. The summed E-state index contributed by atoms with van der Waals surface area (Å²) in [6, 6.07) is 0. The smallest absolute Gasteiger partial charge is 0.306 e. The minimum atomic E-state index is -1.62. The van der Waals surface area contributed by atoms with Crippen LogP contribution in [0.25, 0.3) is 0 Å². The molecule has 482 valence electrons. The molecular formula is C73H137NO8. The van der Waals surface area contributed by atoms with E-state index in [1.807, 2.05) is 21.1 Å². The van der Waals surface area contributed by atoms with Crippen LogP contribution in [0.1, 0.15) is 354 Å². The third kappa shape index (κ3) is 65.1. The number of unbranched alkanes of at least 4 members (excludes halogenated alkanes) is 46. The number of likely N-dealkylation sites (N-methyl/N-ethyl adjacent to an activating group) is 1. The summed E-state index contributed by atoms with van der Waals surface area (Å²) in [5, 5.41) is 11.8. The Balaban J connectivity index is 4.07. The number of hydrogen-bond donors (Lipinski definition) is 0. The fourth-order valence-electron chi connectivity index (χ4n) is 10.7. The largest absolute Gasteiger partial charge is 0.545 e. The van der Waals surface area contributed by atoms with Crippen LogP contribution in [0.2, 0.25) is 0 Å². The highest BCUT2D eigenvalue weighted by Gasteiger charge is 2.22. The van der Waals surface area contributed by atoms with Gasteiger partial charge < -0.3 is 33.3 Å². The van der Waals surface area contributed by atoms with Crippen molar-refractivity contribution >= 4 is 17.9 Å². The second-order valence-electron chi connectivity index (χ2n) is 25.5. The van der Waals surface area contributed by atoms with E-state index < -0.39 is 24.3 Å². The van der Waals surface area contributed by atoms with Crippen LogP contribution in [0.5, 0.6) is 0 Å². The Morgan fingerprint density at radius 2 is 0.659 bits per heavy atom. The molecule has 0 amide bonds. The molecule has 2 unspecified atom stereocenters. The first kappa shape index (κ1) is 79.5. The number of quaternary nitrogens is 1. The Hall–Kier alpha value is -2.49. The van der Waals surface area contributed by atoms with Gasteiger partial charge in [0.05, 0.1) is 40.3 Å². The highest BCUT2D eigenvalue weighted by atomic mass is 16.7. The molecule has 0 aromatic heterocycles. The van der Waals surface area contributed by atoms with Crippen molar-refractivity contribution < 1.29 is 42.9 Å². The van der Waals surface area contributed by atoms with Gasteiger partial charge in [0, 0.05) is 12.8 Å². The molecule has 0 radical (unpaired) electrons. The average Bonchev–Trinajstić information content (AvgIpc) is 3.47. The fraction of sp³-hybridized carbons (Fsp3) is 0.877. The first-order valence-electron chi connectivity index (χ1n) is 35.6. The molecule has 0 heterocycles. The standard InChI is InChI=1S/C73H137NO8/c1-6-8-10-12-14-16-18-20-22-24-26-28-30-32-34-36-38-40-42-44-46-48-50-52-54-56-58-60-62-64-71(76)82-69(68-81-73(72(77)78)79-66-65-74(3,4)5)67-80-70(75)63-61-59-57-55-53-51-49-47-45-43-41-39-37-35-33-31-29-27-25-23-21-19-17-15-13-11-9-7-2/h18,20,24,26,30,32,69,73H,6-17,19,21-23,25,27-29,31,33-68H2,1-5H3/b20-18-,26-24-,32-30-. The molecule has 82 heavy (non-hydrogen) atoms. The maximum absolute atomic E-state index is 12.9. The van der Waals surface area contributed by atoms with Crippen LogP contribution < -0.4 is 5.11 Å². The molecule has 0 aliphatic carbocycles. The number of allylic oxidation sites excluding steroid dienone is 6. The minimum absolute atomic E-state index is 0.150. The van der Waals surface area contributed by atoms with Gasteiger partial charge >= 0.3 is 11.9 Å². The van der Waals surface area contributed by atoms with Crippen molar-refractivity contribution in [3.63, 3.8) is 0 Å². The third-order valence-corrected chi connectivity index (χ3v) is 16.1. The van der Waals surface area contributed by atoms with E-state index in [0.717, 1.165) is 44.9 Å². The number of carbonyl (C=O) groups is 3. The van der Waals surface area contributed by atoms with Crippen molar-refractivity contribution in [1.82, 2.24) is 0 Å². The van der Waals surface area contributed by atoms with E-state index in [9.17, 15) is 19.5 Å². The van der Waals surface area contributed by atoms with Gasteiger partial charge in [-0.05, 0) is 51.4 Å². The van der Waals surface area contributed by atoms with Crippen LogP contribution in [0.15, 0.2) is 36.5 Å². The summed E-state index contributed by atoms with van der Waals surface area (Å²) < 4.78 is 22.8. The number of ether oxygens (including phenoxy) is 4. The van der Waals surface area contributed by atoms with Gasteiger partial charge in [0.1, 0.15) is 13.2 Å². The lowest BCUT2D eigenvalue weighted by molar-refractivity contribution is -0.870. The molecule has 0 aliphatic rings. The van der Waals surface area contributed by atoms with Gasteiger partial charge in [0.25, 0.3) is 0 Å². The lowest BCUT2D eigenvalue weighted by Crippen LogP contribution is -2.44. The molecule has 9 nitrogen and oxygen atoms in total. The predicted molar refractivity (Wildman–Crippen MR) is 348 cm³/mol. The zero-order valence-corrected chi connectivity index (χ0v) is 55.1. The van der Waals surface area contributed by atoms with Crippen molar-refractivity contribution in [2.24, 2.45) is 0 Å². The lowest BCUT2D eigenvalue weighted by atomic mass is 10.0. The van der Waals surface area contributed by atoms with Gasteiger partial charge in [0.15, 0.2) is 12.4 Å². The molecule has 0 fully saturated rings. The quantitative estimate of drug-likeness (QED) is 0.0195. The van der Waals surface area contributed by atoms with Crippen LogP contribution in [0.3, 0.4) is 0 Å². The first-order valence-corrected chi connectivity index (χ1v) is 35.6. The highest BCUT2D eigenvalue weighted by Crippen LogP contribution is 2.19. The Morgan fingerprint density at radius 3 is 0.976 bits per heavy atom. The van der Waals surface area contributed by atoms with Gasteiger partial charge in [-0.25, -0.2) is 0 Å². The summed E-state index contributed by atoms with van der Waals surface area (Å²) >= 11 is 0. The van der Waals surface area contributed by atoms with E-state index in [4.69, 9.17) is 18.9 Å². The summed E-state index contributed by atoms with van der Waals surface area (Å²) in [6.07, 6.45) is 78.0. The Labute approximate surface area is 509 Å². The topological polar surface area (TPSA) is 111 Å². The number of nitrogens with zero attached hydrogens (tertiary/aromatic N) is 1. The van der Waals surface area contributed by atoms with Gasteiger partial charge in [-0.3, -0.25) is 9.59 Å². The maximum Gasteiger partial charge on any atom is 0.306 e. The van der Waals surface area contributed by atoms with E-state index in [2.05, 4.69) is 50.3 Å². The second kappa shape index (κ2) is 64.5. The van der Waals surface area contributed by atoms with Gasteiger partial charge in [-0.2, -0.15) is 0 Å². The monoisotopic (exact) mass is 1160 g/mol. The number of aliphatic carboxylic acids is 1. The summed E-state index contributed by atoms with van der Waals surface area (Å²) in [5.74, 6) is -2.26. The molecule has 0 N–H and O–H groups in total. The van der Waals surface area contributed by atoms with Gasteiger partial charge in [0.2, 0.25) is 0 Å². The second-order valence-corrected chi connectivity index (χ2v) is 25.5. The Morgan fingerprint density at radius 1 is 0.366 bits per heavy atom. The Kier molecular flexibility index (Phi) is 62.5. The van der Waals surface area contributed by atoms with Crippen LogP contribution in [0.4, 0.5) is 0 Å². The van der Waals surface area contributed by atoms with E-state index in [1.165, 1.54) is 276 Å². The normalized spacial score (nSPS) is 12.8. The van der Waals surface area contributed by atoms with E-state index in [-0.39, 0.29) is 32.2 Å². The summed E-state index contributed by atoms with van der Waals surface area (Å²) in [7, 11) is 5.94. The Bertz CT molecular complexity index is 1440. The average molecular weight is 1160 g/mol. The van der Waals surface area contributed by atoms with Crippen molar-refractivity contribution in [1.29, 1.82) is 0 Å². The molecule has 0 bridgehead atoms. The number of hydrogen-bond acceptors (Lipinski definition) is 8. The number of esters is 2. The van der Waals surface area contributed by atoms with E-state index in [1.54, 1.807) is 0 Å². The van der Waals surface area contributed by atoms with Crippen LogP contribution in [-0.2, 0) is 33.3 Å². The van der Waals surface area contributed by atoms with Crippen molar-refractivity contribution in [2.45, 2.75) is 367 Å². The van der Waals surface area contributed by atoms with Gasteiger partial charge in [-0.15, -0.1) is 0 Å². The maximum atomic E-state index is 12.9. The molecule has 0 aromatic carbocycles. The molecule has 9 heteroatoms. The van der Waals surface area contributed by atoms with Crippen molar-refractivity contribution in [3.8, 4) is 0 Å². The first-order chi connectivity index (χ1) is 40.1. The SMILES string of the molecule is CCCCCCC/C=C\C/C=C\C/C=C\CCCCCCCCCCCCCCCCC(=O)OC(COC(=O)CCCCCCCCCCCCCCCCCCCCCCCCCCCCCC)COC(OCC[N+](C)(C)C)C(=O)[O-]. The molecule has 0 aromatic rings. The molecular weight excluding hydrogens is 1020 g/mol. The zero-order chi connectivity index (χ0) is 59.8. The van der Waals surface area contributed by atoms with Crippen molar-refractivity contribution in [2.75, 3.05) is 47.5 Å². The molecule has 0 saturated heterocycles. The van der Waals surface area contributed by atoms with Crippen molar-refractivity contribution in [3.05, 3.63) is 36.5 Å². The molecule has 0 spiro atoms. The molecule has 0 aliphatic heterocycles. The summed E-state index contributed by atoms with van der Waals surface area (Å²) in [6.45, 7) is 4.80. The zero-order valence-electron chi connectivity index (χ0n) is 55.1. The van der Waals surface area contributed by atoms with Crippen LogP contribution in [-0.4, -0.2) is 82.3 Å². The minimum Gasteiger partial charge on any atom is -0.545 e. The third-order valence-electron chi connectivity index (χ3n) is 16.1. The molecule has 2 atom stereocenters. The van der Waals surface area contributed by atoms with Crippen LogP contribution in [0, 0.1) is 0 Å². The molecule has 0 rings (SSSR count). The highest BCUT2D eigenvalue weighted by molar-refractivity contribution is 5.70. The van der Waals surface area contributed by atoms with Crippen LogP contribution >= 0.6 is 0 Å². The predicted octanol–water partition coefficient (Wildman–Crippen LogP) is 20.6. The number of carboxylic acids is 1. The van der Waals surface area contributed by atoms with E-state index >= 15 is 0 Å². The number of carboxylic acid groups (broad SMARTS) is 1. The number of carbonyl (C=O) groups excluding carboxylic acids is 3. The van der Waals surface area contributed by atoms with E-state index in [0.29, 0.717) is 23.9 Å².